The number of thioether (sulfide) groups is 1. The van der Waals surface area contributed by atoms with Crippen LogP contribution in [0.15, 0.2) is 47.4 Å². The summed E-state index contributed by atoms with van der Waals surface area (Å²) in [6.45, 7) is 4.80. The molecule has 0 radical (unpaired) electrons. The molecule has 0 spiro atoms. The van der Waals surface area contributed by atoms with E-state index in [2.05, 4.69) is 15.5 Å². The minimum Gasteiger partial charge on any atom is -0.326 e. The van der Waals surface area contributed by atoms with Gasteiger partial charge in [-0.05, 0) is 79.9 Å². The zero-order valence-corrected chi connectivity index (χ0v) is 18.1. The second kappa shape index (κ2) is 10.3. The Morgan fingerprint density at radius 3 is 2.50 bits per heavy atom. The first-order valence-electron chi connectivity index (χ1n) is 10.0. The van der Waals surface area contributed by atoms with Crippen LogP contribution in [0.1, 0.15) is 30.4 Å². The van der Waals surface area contributed by atoms with Gasteiger partial charge in [0.05, 0.1) is 6.54 Å². The molecule has 0 atom stereocenters. The Bertz CT molecular complexity index is 949. The van der Waals surface area contributed by atoms with Crippen molar-refractivity contribution in [2.75, 3.05) is 23.7 Å². The lowest BCUT2D eigenvalue weighted by Gasteiger charge is -2.21. The van der Waals surface area contributed by atoms with Crippen LogP contribution in [0, 0.1) is 24.5 Å². The molecule has 0 aromatic heterocycles. The van der Waals surface area contributed by atoms with Crippen molar-refractivity contribution in [1.82, 2.24) is 4.90 Å². The molecule has 6 nitrogen and oxygen atoms in total. The molecule has 1 aliphatic rings. The number of nitrogens with one attached hydrogen (secondary N) is 2. The minimum absolute atomic E-state index is 0.0541. The lowest BCUT2D eigenvalue weighted by Crippen LogP contribution is -2.37. The molecule has 156 valence electrons. The molecule has 0 unspecified atom stereocenters. The molecule has 0 aliphatic heterocycles. The summed E-state index contributed by atoms with van der Waals surface area (Å²) in [4.78, 5) is 27.8. The van der Waals surface area contributed by atoms with E-state index in [1.54, 1.807) is 24.3 Å². The van der Waals surface area contributed by atoms with E-state index in [0.717, 1.165) is 46.3 Å². The monoisotopic (exact) mass is 422 g/mol. The highest BCUT2D eigenvalue weighted by Crippen LogP contribution is 2.27. The Kier molecular flexibility index (Phi) is 7.50. The zero-order valence-electron chi connectivity index (χ0n) is 17.3. The lowest BCUT2D eigenvalue weighted by atomic mass is 10.1. The topological polar surface area (TPSA) is 85.2 Å². The van der Waals surface area contributed by atoms with Gasteiger partial charge < -0.3 is 10.6 Å². The Balaban J connectivity index is 1.49. The van der Waals surface area contributed by atoms with Gasteiger partial charge in [0.15, 0.2) is 0 Å². The summed E-state index contributed by atoms with van der Waals surface area (Å²) < 4.78 is 0. The molecule has 2 aromatic rings. The molecule has 2 amide bonds. The molecule has 30 heavy (non-hydrogen) atoms. The standard InChI is InChI=1S/C23H26N4O2S/c1-16-3-4-17(2)21(13-16)26-23(29)14-27(19-7-8-19)12-11-22(28)25-18-5-9-20(10-6-18)30-15-24/h3-6,9-10,13,19H,7-8,11-12,14H2,1-2H3,(H,25,28)(H,26,29). The molecular formula is C23H26N4O2S. The third kappa shape index (κ3) is 6.61. The summed E-state index contributed by atoms with van der Waals surface area (Å²) in [6, 6.07) is 13.6. The maximum atomic E-state index is 12.6. The van der Waals surface area contributed by atoms with Gasteiger partial charge in [0, 0.05) is 35.3 Å². The molecule has 7 heteroatoms. The summed E-state index contributed by atoms with van der Waals surface area (Å²) in [6.07, 6.45) is 2.45. The molecule has 1 fully saturated rings. The Hall–Kier alpha value is -2.82. The first kappa shape index (κ1) is 21.9. The van der Waals surface area contributed by atoms with Crippen molar-refractivity contribution >= 4 is 35.0 Å². The first-order valence-corrected chi connectivity index (χ1v) is 10.8. The van der Waals surface area contributed by atoms with Gasteiger partial charge in [0.2, 0.25) is 11.8 Å². The summed E-state index contributed by atoms with van der Waals surface area (Å²) in [5, 5.41) is 16.6. The van der Waals surface area contributed by atoms with E-state index in [4.69, 9.17) is 5.26 Å². The lowest BCUT2D eigenvalue weighted by molar-refractivity contribution is -0.119. The molecular weight excluding hydrogens is 396 g/mol. The highest BCUT2D eigenvalue weighted by atomic mass is 32.2. The van der Waals surface area contributed by atoms with E-state index in [9.17, 15) is 9.59 Å². The quantitative estimate of drug-likeness (QED) is 0.465. The highest BCUT2D eigenvalue weighted by molar-refractivity contribution is 8.03. The van der Waals surface area contributed by atoms with Crippen LogP contribution in [-0.4, -0.2) is 35.8 Å². The number of carbonyl (C=O) groups excluding carboxylic acids is 2. The first-order chi connectivity index (χ1) is 14.4. The summed E-state index contributed by atoms with van der Waals surface area (Å²) in [5.74, 6) is -0.141. The van der Waals surface area contributed by atoms with Crippen LogP contribution in [0.25, 0.3) is 0 Å². The number of hydrogen-bond acceptors (Lipinski definition) is 5. The average molecular weight is 423 g/mol. The molecule has 0 saturated heterocycles. The van der Waals surface area contributed by atoms with Gasteiger partial charge in [-0.2, -0.15) is 5.26 Å². The van der Waals surface area contributed by atoms with Gasteiger partial charge in [0.25, 0.3) is 0 Å². The largest absolute Gasteiger partial charge is 0.326 e. The number of aryl methyl sites for hydroxylation is 2. The van der Waals surface area contributed by atoms with Crippen molar-refractivity contribution < 1.29 is 9.59 Å². The second-order valence-corrected chi connectivity index (χ2v) is 8.44. The summed E-state index contributed by atoms with van der Waals surface area (Å²) >= 11 is 1.08. The van der Waals surface area contributed by atoms with Gasteiger partial charge >= 0.3 is 0 Å². The predicted octanol–water partition coefficient (Wildman–Crippen LogP) is 4.31. The molecule has 2 aromatic carbocycles. The van der Waals surface area contributed by atoms with E-state index in [1.165, 1.54) is 0 Å². The number of nitrogens with zero attached hydrogens (tertiary/aromatic N) is 2. The van der Waals surface area contributed by atoms with Crippen molar-refractivity contribution in [3.63, 3.8) is 0 Å². The van der Waals surface area contributed by atoms with Gasteiger partial charge in [-0.1, -0.05) is 12.1 Å². The fourth-order valence-corrected chi connectivity index (χ4v) is 3.58. The third-order valence-electron chi connectivity index (χ3n) is 5.00. The maximum Gasteiger partial charge on any atom is 0.238 e. The summed E-state index contributed by atoms with van der Waals surface area (Å²) in [5.41, 5.74) is 3.68. The van der Waals surface area contributed by atoms with Crippen LogP contribution < -0.4 is 10.6 Å². The number of rotatable bonds is 9. The number of hydrogen-bond donors (Lipinski definition) is 2. The van der Waals surface area contributed by atoms with Crippen LogP contribution in [0.4, 0.5) is 11.4 Å². The summed E-state index contributed by atoms with van der Waals surface area (Å²) in [7, 11) is 0. The second-order valence-electron chi connectivity index (χ2n) is 7.58. The number of amides is 2. The van der Waals surface area contributed by atoms with Crippen LogP contribution in [0.2, 0.25) is 0 Å². The molecule has 2 N–H and O–H groups in total. The van der Waals surface area contributed by atoms with Crippen molar-refractivity contribution in [2.45, 2.75) is 44.0 Å². The predicted molar refractivity (Wildman–Crippen MR) is 120 cm³/mol. The van der Waals surface area contributed by atoms with Crippen LogP contribution in [0.5, 0.6) is 0 Å². The SMILES string of the molecule is Cc1ccc(C)c(NC(=O)CN(CCC(=O)Nc2ccc(SC#N)cc2)C2CC2)c1. The fourth-order valence-electron chi connectivity index (χ4n) is 3.20. The smallest absolute Gasteiger partial charge is 0.238 e. The van der Waals surface area contributed by atoms with Crippen molar-refractivity contribution in [1.29, 1.82) is 5.26 Å². The van der Waals surface area contributed by atoms with Crippen LogP contribution in [0.3, 0.4) is 0 Å². The van der Waals surface area contributed by atoms with E-state index >= 15 is 0 Å². The van der Waals surface area contributed by atoms with Gasteiger partial charge in [-0.25, -0.2) is 0 Å². The Morgan fingerprint density at radius 1 is 1.10 bits per heavy atom. The highest BCUT2D eigenvalue weighted by Gasteiger charge is 2.30. The number of nitriles is 1. The number of carbonyl (C=O) groups is 2. The molecule has 0 heterocycles. The van der Waals surface area contributed by atoms with E-state index in [1.807, 2.05) is 37.4 Å². The normalized spacial score (nSPS) is 13.0. The minimum atomic E-state index is -0.0868. The molecule has 3 rings (SSSR count). The number of benzene rings is 2. The average Bonchev–Trinajstić information content (AvgIpc) is 3.55. The number of thiocyanates is 1. The van der Waals surface area contributed by atoms with Gasteiger partial charge in [0.1, 0.15) is 5.40 Å². The zero-order chi connectivity index (χ0) is 21.5. The fraction of sp³-hybridized carbons (Fsp3) is 0.348. The van der Waals surface area contributed by atoms with E-state index in [-0.39, 0.29) is 18.4 Å². The molecule has 0 bridgehead atoms. The van der Waals surface area contributed by atoms with Crippen LogP contribution in [-0.2, 0) is 9.59 Å². The van der Waals surface area contributed by atoms with Gasteiger partial charge in [-0.15, -0.1) is 0 Å². The number of anilines is 2. The van der Waals surface area contributed by atoms with Crippen molar-refractivity contribution in [3.8, 4) is 5.40 Å². The van der Waals surface area contributed by atoms with Crippen molar-refractivity contribution in [3.05, 3.63) is 53.6 Å². The molecule has 1 aliphatic carbocycles. The van der Waals surface area contributed by atoms with Crippen molar-refractivity contribution in [2.24, 2.45) is 0 Å². The Morgan fingerprint density at radius 2 is 1.83 bits per heavy atom. The maximum absolute atomic E-state index is 12.6. The van der Waals surface area contributed by atoms with E-state index < -0.39 is 0 Å². The van der Waals surface area contributed by atoms with Gasteiger partial charge in [-0.3, -0.25) is 14.5 Å². The van der Waals surface area contributed by atoms with E-state index in [0.29, 0.717) is 24.7 Å². The van der Waals surface area contributed by atoms with Crippen LogP contribution >= 0.6 is 11.8 Å². The Labute approximate surface area is 181 Å². The third-order valence-corrected chi connectivity index (χ3v) is 5.60. The molecule has 1 saturated carbocycles.